The summed E-state index contributed by atoms with van der Waals surface area (Å²) in [6.07, 6.45) is 0.335. The summed E-state index contributed by atoms with van der Waals surface area (Å²) < 4.78 is 16.2. The first-order chi connectivity index (χ1) is 13.7. The summed E-state index contributed by atoms with van der Waals surface area (Å²) in [4.78, 5) is 18.9. The van der Waals surface area contributed by atoms with Crippen molar-refractivity contribution in [3.05, 3.63) is 54.4 Å². The van der Waals surface area contributed by atoms with E-state index in [2.05, 4.69) is 10.1 Å². The molecule has 7 nitrogen and oxygen atoms in total. The second-order valence-electron chi connectivity index (χ2n) is 6.49. The van der Waals surface area contributed by atoms with E-state index in [0.29, 0.717) is 37.0 Å². The quantitative estimate of drug-likeness (QED) is 0.650. The Hall–Kier alpha value is -3.35. The molecule has 1 fully saturated rings. The van der Waals surface area contributed by atoms with E-state index < -0.39 is 0 Å². The third-order valence-electron chi connectivity index (χ3n) is 4.72. The average Bonchev–Trinajstić information content (AvgIpc) is 3.36. The normalized spacial score (nSPS) is 16.4. The highest BCUT2D eigenvalue weighted by molar-refractivity contribution is 5.97. The number of hydrogen-bond donors (Lipinski definition) is 0. The number of aromatic nitrogens is 2. The van der Waals surface area contributed by atoms with Gasteiger partial charge in [-0.05, 0) is 43.3 Å². The van der Waals surface area contributed by atoms with E-state index in [1.54, 1.807) is 12.0 Å². The number of ether oxygens (including phenoxy) is 2. The fourth-order valence-corrected chi connectivity index (χ4v) is 3.32. The van der Waals surface area contributed by atoms with Gasteiger partial charge in [-0.15, -0.1) is 0 Å². The van der Waals surface area contributed by atoms with Crippen molar-refractivity contribution in [3.8, 4) is 23.0 Å². The van der Waals surface area contributed by atoms with E-state index in [9.17, 15) is 4.79 Å². The maximum Gasteiger partial charge on any atom is 0.257 e. The van der Waals surface area contributed by atoms with Gasteiger partial charge in [-0.1, -0.05) is 17.3 Å². The molecule has 1 amide bonds. The minimum atomic E-state index is -0.127. The molecular weight excluding hydrogens is 358 g/mol. The number of rotatable bonds is 6. The van der Waals surface area contributed by atoms with Gasteiger partial charge in [-0.2, -0.15) is 4.98 Å². The zero-order valence-corrected chi connectivity index (χ0v) is 15.8. The fourth-order valence-electron chi connectivity index (χ4n) is 3.32. The predicted octanol–water partition coefficient (Wildman–Crippen LogP) is 3.66. The topological polar surface area (TPSA) is 77.7 Å². The van der Waals surface area contributed by atoms with E-state index in [-0.39, 0.29) is 11.8 Å². The number of benzene rings is 2. The highest BCUT2D eigenvalue weighted by Crippen LogP contribution is 2.36. The molecule has 1 aliphatic heterocycles. The van der Waals surface area contributed by atoms with Crippen molar-refractivity contribution in [2.45, 2.75) is 19.3 Å². The molecule has 1 saturated heterocycles. The van der Waals surface area contributed by atoms with Crippen LogP contribution in [-0.4, -0.2) is 36.3 Å². The first-order valence-corrected chi connectivity index (χ1v) is 9.19. The summed E-state index contributed by atoms with van der Waals surface area (Å²) in [5.41, 5.74) is 1.58. The van der Waals surface area contributed by atoms with Crippen molar-refractivity contribution < 1.29 is 18.8 Å². The van der Waals surface area contributed by atoms with Crippen molar-refractivity contribution in [1.82, 2.24) is 10.1 Å². The highest BCUT2D eigenvalue weighted by Gasteiger charge is 2.35. The van der Waals surface area contributed by atoms with Crippen LogP contribution in [0.15, 0.2) is 53.1 Å². The van der Waals surface area contributed by atoms with E-state index in [1.165, 1.54) is 0 Å². The lowest BCUT2D eigenvalue weighted by atomic mass is 10.1. The van der Waals surface area contributed by atoms with Gasteiger partial charge in [0.15, 0.2) is 5.82 Å². The van der Waals surface area contributed by atoms with Gasteiger partial charge in [-0.25, -0.2) is 0 Å². The second kappa shape index (κ2) is 7.72. The smallest absolute Gasteiger partial charge is 0.257 e. The third kappa shape index (κ3) is 3.43. The largest absolute Gasteiger partial charge is 0.497 e. The van der Waals surface area contributed by atoms with Crippen molar-refractivity contribution in [3.63, 3.8) is 0 Å². The third-order valence-corrected chi connectivity index (χ3v) is 4.72. The molecule has 4 rings (SSSR count). The Morgan fingerprint density at radius 2 is 1.96 bits per heavy atom. The standard InChI is InChI=1S/C21H21N3O4/c1-3-27-18-7-5-4-6-17(18)24-13-15(12-19(24)25)20-22-21(28-23-20)14-8-10-16(26-2)11-9-14/h4-11,15H,3,12-13H2,1-2H3. The molecule has 2 heterocycles. The van der Waals surface area contributed by atoms with Crippen LogP contribution in [0.3, 0.4) is 0 Å². The van der Waals surface area contributed by atoms with Crippen molar-refractivity contribution in [1.29, 1.82) is 0 Å². The van der Waals surface area contributed by atoms with Crippen molar-refractivity contribution >= 4 is 11.6 Å². The maximum atomic E-state index is 12.6. The molecule has 2 aromatic carbocycles. The molecule has 1 aliphatic rings. The molecular formula is C21H21N3O4. The van der Waals surface area contributed by atoms with Gasteiger partial charge in [0, 0.05) is 24.4 Å². The Labute approximate surface area is 162 Å². The number of hydrogen-bond acceptors (Lipinski definition) is 6. The molecule has 1 unspecified atom stereocenters. The summed E-state index contributed by atoms with van der Waals surface area (Å²) in [5.74, 6) is 2.32. The Bertz CT molecular complexity index is 968. The highest BCUT2D eigenvalue weighted by atomic mass is 16.5. The van der Waals surface area contributed by atoms with Gasteiger partial charge in [0.05, 0.1) is 19.4 Å². The maximum absolute atomic E-state index is 12.6. The number of amides is 1. The summed E-state index contributed by atoms with van der Waals surface area (Å²) in [6.45, 7) is 2.95. The second-order valence-corrected chi connectivity index (χ2v) is 6.49. The zero-order valence-electron chi connectivity index (χ0n) is 15.8. The molecule has 1 atom stereocenters. The van der Waals surface area contributed by atoms with Crippen LogP contribution in [0.5, 0.6) is 11.5 Å². The molecule has 1 aromatic heterocycles. The number of para-hydroxylation sites is 2. The van der Waals surface area contributed by atoms with Gasteiger partial charge >= 0.3 is 0 Å². The first-order valence-electron chi connectivity index (χ1n) is 9.19. The Kier molecular flexibility index (Phi) is 4.97. The average molecular weight is 379 g/mol. The van der Waals surface area contributed by atoms with Crippen LogP contribution in [-0.2, 0) is 4.79 Å². The lowest BCUT2D eigenvalue weighted by molar-refractivity contribution is -0.117. The van der Waals surface area contributed by atoms with Crippen LogP contribution in [0.25, 0.3) is 11.5 Å². The molecule has 0 N–H and O–H groups in total. The molecule has 28 heavy (non-hydrogen) atoms. The molecule has 144 valence electrons. The molecule has 0 saturated carbocycles. The zero-order chi connectivity index (χ0) is 19.5. The summed E-state index contributed by atoms with van der Waals surface area (Å²) in [5, 5.41) is 4.11. The van der Waals surface area contributed by atoms with E-state index >= 15 is 0 Å². The lowest BCUT2D eigenvalue weighted by Crippen LogP contribution is -2.25. The number of nitrogens with zero attached hydrogens (tertiary/aromatic N) is 3. The molecule has 7 heteroatoms. The first kappa shape index (κ1) is 18.0. The van der Waals surface area contributed by atoms with Gasteiger partial charge in [0.1, 0.15) is 11.5 Å². The van der Waals surface area contributed by atoms with Gasteiger partial charge in [0.2, 0.25) is 5.91 Å². The summed E-state index contributed by atoms with van der Waals surface area (Å²) >= 11 is 0. The Morgan fingerprint density at radius 3 is 2.71 bits per heavy atom. The van der Waals surface area contributed by atoms with Gasteiger partial charge < -0.3 is 18.9 Å². The minimum Gasteiger partial charge on any atom is -0.497 e. The van der Waals surface area contributed by atoms with Gasteiger partial charge in [-0.3, -0.25) is 4.79 Å². The number of carbonyl (C=O) groups is 1. The Morgan fingerprint density at radius 1 is 1.18 bits per heavy atom. The number of anilines is 1. The number of carbonyl (C=O) groups excluding carboxylic acids is 1. The van der Waals surface area contributed by atoms with Crippen LogP contribution in [0.4, 0.5) is 5.69 Å². The molecule has 0 radical (unpaired) electrons. The van der Waals surface area contributed by atoms with Gasteiger partial charge in [0.25, 0.3) is 5.89 Å². The molecule has 3 aromatic rings. The lowest BCUT2D eigenvalue weighted by Gasteiger charge is -2.19. The minimum absolute atomic E-state index is 0.0213. The van der Waals surface area contributed by atoms with Crippen LogP contribution in [0.2, 0.25) is 0 Å². The SMILES string of the molecule is CCOc1ccccc1N1CC(c2noc(-c3ccc(OC)cc3)n2)CC1=O. The van der Waals surface area contributed by atoms with Crippen LogP contribution in [0, 0.1) is 0 Å². The predicted molar refractivity (Wildman–Crippen MR) is 104 cm³/mol. The monoisotopic (exact) mass is 379 g/mol. The summed E-state index contributed by atoms with van der Waals surface area (Å²) in [6, 6.07) is 15.0. The fraction of sp³-hybridized carbons (Fsp3) is 0.286. The van der Waals surface area contributed by atoms with E-state index in [4.69, 9.17) is 14.0 Å². The van der Waals surface area contributed by atoms with Crippen molar-refractivity contribution in [2.75, 3.05) is 25.2 Å². The molecule has 0 spiro atoms. The Balaban J connectivity index is 1.54. The number of methoxy groups -OCH3 is 1. The van der Waals surface area contributed by atoms with Crippen LogP contribution >= 0.6 is 0 Å². The van der Waals surface area contributed by atoms with E-state index in [0.717, 1.165) is 17.0 Å². The van der Waals surface area contributed by atoms with Crippen LogP contribution in [0.1, 0.15) is 25.1 Å². The summed E-state index contributed by atoms with van der Waals surface area (Å²) in [7, 11) is 1.62. The molecule has 0 aliphatic carbocycles. The molecule has 0 bridgehead atoms. The van der Waals surface area contributed by atoms with Crippen LogP contribution < -0.4 is 14.4 Å². The van der Waals surface area contributed by atoms with E-state index in [1.807, 2.05) is 55.5 Å². The van der Waals surface area contributed by atoms with Crippen molar-refractivity contribution in [2.24, 2.45) is 0 Å².